The topological polar surface area (TPSA) is 108 Å². The molecule has 0 aliphatic rings. The maximum atomic E-state index is 12.7. The van der Waals surface area contributed by atoms with E-state index < -0.39 is 24.3 Å². The normalized spacial score (nSPS) is 13.6. The van der Waals surface area contributed by atoms with E-state index in [4.69, 9.17) is 18.9 Å². The fourth-order valence-electron chi connectivity index (χ4n) is 6.79. The minimum atomic E-state index is -1.51. The molecule has 9 heteroatoms. The molecule has 0 aromatic heterocycles. The Hall–Kier alpha value is -3.79. The van der Waals surface area contributed by atoms with Crippen LogP contribution in [0.5, 0.6) is 0 Å². The molecular weight excluding hydrogens is 839 g/mol. The lowest BCUT2D eigenvalue weighted by Crippen LogP contribution is -2.40. The molecule has 0 fully saturated rings. The number of likely N-dealkylation sites (N-methyl/N-ethyl adjacent to an activating group) is 1. The Bertz CT molecular complexity index is 1420. The fraction of sp³-hybridized carbons (Fsp3) is 0.672. The molecular formula is C58H98NO8+. The van der Waals surface area contributed by atoms with E-state index in [9.17, 15) is 19.5 Å². The Kier molecular flexibility index (Phi) is 45.9. The number of carboxylic acid groups (broad SMARTS) is 1. The zero-order chi connectivity index (χ0) is 49.2. The van der Waals surface area contributed by atoms with Gasteiger partial charge in [-0.3, -0.25) is 9.59 Å². The summed E-state index contributed by atoms with van der Waals surface area (Å²) < 4.78 is 22.6. The number of unbranched alkanes of at least 4 members (excludes halogenated alkanes) is 16. The third-order valence-electron chi connectivity index (χ3n) is 10.9. The van der Waals surface area contributed by atoms with E-state index in [0.29, 0.717) is 23.9 Å². The maximum Gasteiger partial charge on any atom is 0.361 e. The molecule has 0 aliphatic heterocycles. The van der Waals surface area contributed by atoms with Gasteiger partial charge in [-0.05, 0) is 77.0 Å². The summed E-state index contributed by atoms with van der Waals surface area (Å²) in [7, 11) is 5.94. The quantitative estimate of drug-likeness (QED) is 0.0211. The molecule has 0 spiro atoms. The van der Waals surface area contributed by atoms with E-state index in [1.165, 1.54) is 57.8 Å². The molecule has 0 aromatic carbocycles. The van der Waals surface area contributed by atoms with Gasteiger partial charge in [-0.25, -0.2) is 4.79 Å². The predicted molar refractivity (Wildman–Crippen MR) is 281 cm³/mol. The summed E-state index contributed by atoms with van der Waals surface area (Å²) in [5.74, 6) is -2.03. The van der Waals surface area contributed by atoms with Crippen molar-refractivity contribution >= 4 is 17.9 Å². The highest BCUT2D eigenvalue weighted by Crippen LogP contribution is 2.15. The van der Waals surface area contributed by atoms with E-state index in [2.05, 4.69) is 111 Å². The molecule has 2 unspecified atom stereocenters. The van der Waals surface area contributed by atoms with Crippen molar-refractivity contribution < 1.29 is 42.9 Å². The smallest absolute Gasteiger partial charge is 0.361 e. The van der Waals surface area contributed by atoms with Crippen molar-refractivity contribution in [1.29, 1.82) is 0 Å². The molecule has 0 saturated carbocycles. The van der Waals surface area contributed by atoms with Crippen molar-refractivity contribution in [2.75, 3.05) is 47.5 Å². The monoisotopic (exact) mass is 937 g/mol. The van der Waals surface area contributed by atoms with Crippen LogP contribution in [0.1, 0.15) is 194 Å². The van der Waals surface area contributed by atoms with E-state index in [-0.39, 0.29) is 32.2 Å². The third-order valence-corrected chi connectivity index (χ3v) is 10.9. The molecule has 2 atom stereocenters. The largest absolute Gasteiger partial charge is 0.477 e. The van der Waals surface area contributed by atoms with Gasteiger partial charge in [0.1, 0.15) is 13.2 Å². The Morgan fingerprint density at radius 3 is 1.27 bits per heavy atom. The summed E-state index contributed by atoms with van der Waals surface area (Å²) >= 11 is 0. The lowest BCUT2D eigenvalue weighted by Gasteiger charge is -2.25. The van der Waals surface area contributed by atoms with E-state index in [1.54, 1.807) is 0 Å². The van der Waals surface area contributed by atoms with Gasteiger partial charge in [0, 0.05) is 12.8 Å². The Balaban J connectivity index is 3.99. The number of carbonyl (C=O) groups is 3. The van der Waals surface area contributed by atoms with Gasteiger partial charge in [-0.1, -0.05) is 201 Å². The summed E-state index contributed by atoms with van der Waals surface area (Å²) in [5, 5.41) is 9.60. The van der Waals surface area contributed by atoms with Crippen LogP contribution in [0.2, 0.25) is 0 Å². The first kappa shape index (κ1) is 63.2. The van der Waals surface area contributed by atoms with Gasteiger partial charge in [0.15, 0.2) is 6.10 Å². The Morgan fingerprint density at radius 2 is 0.851 bits per heavy atom. The highest BCUT2D eigenvalue weighted by molar-refractivity contribution is 5.71. The Labute approximate surface area is 410 Å². The molecule has 0 amide bonds. The van der Waals surface area contributed by atoms with Gasteiger partial charge in [-0.2, -0.15) is 0 Å². The number of carbonyl (C=O) groups excluding carboxylic acids is 2. The second-order valence-corrected chi connectivity index (χ2v) is 18.5. The third kappa shape index (κ3) is 49.9. The number of aliphatic carboxylic acids is 1. The molecule has 67 heavy (non-hydrogen) atoms. The average Bonchev–Trinajstić information content (AvgIpc) is 3.29. The van der Waals surface area contributed by atoms with Crippen LogP contribution in [0.4, 0.5) is 0 Å². The number of esters is 2. The SMILES string of the molecule is CC/C=C\C/C=C\C/C=C\C/C=C\C/C=C\C/C=C\C/C=C\C/C=C\CCCCCCCCCCCCCCC(=O)OC(COC(=O)CCCCCCC)COC(OCC[N+](C)(C)C)C(=O)O. The molecule has 0 rings (SSSR count). The van der Waals surface area contributed by atoms with Gasteiger partial charge in [-0.15, -0.1) is 0 Å². The molecule has 0 heterocycles. The van der Waals surface area contributed by atoms with Gasteiger partial charge < -0.3 is 28.5 Å². The summed E-state index contributed by atoms with van der Waals surface area (Å²) in [6.45, 7) is 4.64. The highest BCUT2D eigenvalue weighted by Gasteiger charge is 2.25. The maximum absolute atomic E-state index is 12.7. The molecule has 382 valence electrons. The zero-order valence-electron chi connectivity index (χ0n) is 43.3. The van der Waals surface area contributed by atoms with Crippen LogP contribution in [-0.4, -0.2) is 87.4 Å². The van der Waals surface area contributed by atoms with E-state index in [1.807, 2.05) is 21.1 Å². The van der Waals surface area contributed by atoms with Crippen LogP contribution in [-0.2, 0) is 33.3 Å². The molecule has 9 nitrogen and oxygen atoms in total. The van der Waals surface area contributed by atoms with Crippen molar-refractivity contribution in [2.24, 2.45) is 0 Å². The number of allylic oxidation sites excluding steroid dienone is 16. The van der Waals surface area contributed by atoms with Crippen molar-refractivity contribution in [2.45, 2.75) is 206 Å². The predicted octanol–water partition coefficient (Wildman–Crippen LogP) is 15.0. The number of hydrogen-bond acceptors (Lipinski definition) is 7. The lowest BCUT2D eigenvalue weighted by atomic mass is 10.0. The van der Waals surface area contributed by atoms with Gasteiger partial charge in [0.2, 0.25) is 0 Å². The van der Waals surface area contributed by atoms with Crippen molar-refractivity contribution in [3.05, 3.63) is 97.2 Å². The lowest BCUT2D eigenvalue weighted by molar-refractivity contribution is -0.870. The van der Waals surface area contributed by atoms with Crippen molar-refractivity contribution in [1.82, 2.24) is 0 Å². The van der Waals surface area contributed by atoms with Crippen LogP contribution in [0, 0.1) is 0 Å². The molecule has 0 aromatic rings. The van der Waals surface area contributed by atoms with Crippen LogP contribution in [0.3, 0.4) is 0 Å². The summed E-state index contributed by atoms with van der Waals surface area (Å²) in [6, 6.07) is 0. The number of carboxylic acids is 1. The second kappa shape index (κ2) is 48.7. The number of nitrogens with zero attached hydrogens (tertiary/aromatic N) is 1. The van der Waals surface area contributed by atoms with Gasteiger partial charge >= 0.3 is 17.9 Å². The van der Waals surface area contributed by atoms with E-state index >= 15 is 0 Å². The van der Waals surface area contributed by atoms with Crippen LogP contribution >= 0.6 is 0 Å². The van der Waals surface area contributed by atoms with Crippen LogP contribution < -0.4 is 0 Å². The van der Waals surface area contributed by atoms with Crippen molar-refractivity contribution in [3.63, 3.8) is 0 Å². The Morgan fingerprint density at radius 1 is 0.463 bits per heavy atom. The zero-order valence-corrected chi connectivity index (χ0v) is 43.3. The first-order valence-corrected chi connectivity index (χ1v) is 26.4. The highest BCUT2D eigenvalue weighted by atomic mass is 16.7. The minimum Gasteiger partial charge on any atom is -0.477 e. The number of ether oxygens (including phenoxy) is 4. The summed E-state index contributed by atoms with van der Waals surface area (Å²) in [5.41, 5.74) is 0. The molecule has 0 aliphatic carbocycles. The molecule has 0 bridgehead atoms. The first-order valence-electron chi connectivity index (χ1n) is 26.4. The minimum absolute atomic E-state index is 0.184. The van der Waals surface area contributed by atoms with Crippen LogP contribution in [0.15, 0.2) is 97.2 Å². The van der Waals surface area contributed by atoms with E-state index in [0.717, 1.165) is 103 Å². The summed E-state index contributed by atoms with van der Waals surface area (Å²) in [6.07, 6.45) is 62.6. The fourth-order valence-corrected chi connectivity index (χ4v) is 6.79. The molecule has 0 saturated heterocycles. The molecule has 0 radical (unpaired) electrons. The standard InChI is InChI=1S/C58H97NO8/c1-6-8-10-12-13-14-15-16-17-18-19-20-21-22-23-24-25-26-27-28-29-30-31-32-33-34-35-36-37-38-39-40-41-42-43-45-47-49-56(61)67-54(52-65-55(60)48-46-44-11-9-7-2)53-66-58(57(62)63)64-51-50-59(3,4)5/h8,10,13-14,16-17,19-20,22-23,25-26,28-29,31-32,54,58H,6-7,9,11-12,15,18,21,24,27,30,33-53H2,1-5H3/p+1/b10-8-,14-13-,17-16-,20-19-,23-22-,26-25-,29-28-,32-31-. The number of quaternary nitrogens is 1. The van der Waals surface area contributed by atoms with Gasteiger partial charge in [0.25, 0.3) is 6.29 Å². The van der Waals surface area contributed by atoms with Gasteiger partial charge in [0.05, 0.1) is 34.4 Å². The average molecular weight is 937 g/mol. The first-order chi connectivity index (χ1) is 32.6. The number of hydrogen-bond donors (Lipinski definition) is 1. The van der Waals surface area contributed by atoms with Crippen molar-refractivity contribution in [3.8, 4) is 0 Å². The number of rotatable bonds is 47. The van der Waals surface area contributed by atoms with Crippen LogP contribution in [0.25, 0.3) is 0 Å². The summed E-state index contributed by atoms with van der Waals surface area (Å²) in [4.78, 5) is 36.8. The second-order valence-electron chi connectivity index (χ2n) is 18.5. The molecule has 1 N–H and O–H groups in total.